The summed E-state index contributed by atoms with van der Waals surface area (Å²) < 4.78 is 5.00. The highest BCUT2D eigenvalue weighted by Crippen LogP contribution is 2.22. The van der Waals surface area contributed by atoms with Crippen LogP contribution in [-0.2, 0) is 17.8 Å². The maximum Gasteiger partial charge on any atom is 0.338 e. The van der Waals surface area contributed by atoms with Crippen molar-refractivity contribution in [1.82, 2.24) is 9.80 Å². The lowest BCUT2D eigenvalue weighted by atomic mass is 10.1. The summed E-state index contributed by atoms with van der Waals surface area (Å²) in [6.45, 7) is 4.93. The lowest BCUT2D eigenvalue weighted by molar-refractivity contribution is 0.0526. The number of benzene rings is 2. The normalized spacial score (nSPS) is 14.1. The van der Waals surface area contributed by atoms with Crippen molar-refractivity contribution >= 4 is 17.7 Å². The van der Waals surface area contributed by atoms with E-state index in [1.165, 1.54) is 5.56 Å². The second-order valence-electron chi connectivity index (χ2n) is 7.18. The fraction of sp³-hybridized carbons (Fsp3) is 0.364. The van der Waals surface area contributed by atoms with Crippen molar-refractivity contribution in [3.63, 3.8) is 0 Å². The molecule has 0 unspecified atom stereocenters. The van der Waals surface area contributed by atoms with Gasteiger partial charge in [0.15, 0.2) is 0 Å². The number of hydrogen-bond donors (Lipinski definition) is 0. The van der Waals surface area contributed by atoms with Gasteiger partial charge in [0.05, 0.1) is 12.2 Å². The van der Waals surface area contributed by atoms with Crippen LogP contribution >= 0.6 is 0 Å². The number of carbonyl (C=O) groups is 2. The molecular weight excluding hydrogens is 354 g/mol. The van der Waals surface area contributed by atoms with Gasteiger partial charge in [-0.25, -0.2) is 9.59 Å². The van der Waals surface area contributed by atoms with Crippen molar-refractivity contribution in [2.75, 3.05) is 38.7 Å². The Balaban J connectivity index is 1.62. The van der Waals surface area contributed by atoms with E-state index in [9.17, 15) is 9.59 Å². The van der Waals surface area contributed by atoms with E-state index in [1.54, 1.807) is 36.1 Å². The molecule has 148 valence electrons. The fourth-order valence-corrected chi connectivity index (χ4v) is 3.30. The van der Waals surface area contributed by atoms with Gasteiger partial charge in [0.1, 0.15) is 0 Å². The number of hydrogen-bond acceptors (Lipinski definition) is 4. The minimum Gasteiger partial charge on any atom is -0.462 e. The number of rotatable bonds is 7. The molecule has 2 aromatic rings. The Kier molecular flexibility index (Phi) is 6.31. The first kappa shape index (κ1) is 19.9. The third kappa shape index (κ3) is 4.70. The van der Waals surface area contributed by atoms with Crippen LogP contribution in [0.15, 0.2) is 48.5 Å². The van der Waals surface area contributed by atoms with E-state index in [2.05, 4.69) is 29.2 Å². The van der Waals surface area contributed by atoms with Crippen molar-refractivity contribution in [3.8, 4) is 0 Å². The van der Waals surface area contributed by atoms with E-state index in [4.69, 9.17) is 4.74 Å². The minimum atomic E-state index is -0.346. The van der Waals surface area contributed by atoms with Crippen molar-refractivity contribution in [2.24, 2.45) is 0 Å². The van der Waals surface area contributed by atoms with Crippen LogP contribution in [0.1, 0.15) is 28.4 Å². The Labute approximate surface area is 166 Å². The predicted octanol–water partition coefficient (Wildman–Crippen LogP) is 3.37. The number of urea groups is 1. The first-order valence-corrected chi connectivity index (χ1v) is 9.54. The van der Waals surface area contributed by atoms with E-state index < -0.39 is 0 Å². The van der Waals surface area contributed by atoms with Crippen molar-refractivity contribution in [1.29, 1.82) is 0 Å². The van der Waals surface area contributed by atoms with Crippen LogP contribution in [0.5, 0.6) is 0 Å². The average Bonchev–Trinajstić information content (AvgIpc) is 3.03. The molecule has 0 atom stereocenters. The number of esters is 1. The summed E-state index contributed by atoms with van der Waals surface area (Å²) in [5.41, 5.74) is 3.66. The summed E-state index contributed by atoms with van der Waals surface area (Å²) in [6.07, 6.45) is 0. The van der Waals surface area contributed by atoms with Crippen molar-refractivity contribution in [2.45, 2.75) is 20.0 Å². The molecular formula is C22H27N3O3. The summed E-state index contributed by atoms with van der Waals surface area (Å²) in [5.74, 6) is -0.346. The molecule has 3 rings (SSSR count). The third-order valence-electron chi connectivity index (χ3n) is 4.68. The SMILES string of the molecule is CCOC(=O)c1ccc(N2CCN(Cc3ccc(CN(C)C)cc3)C2=O)cc1. The minimum absolute atomic E-state index is 0.0127. The summed E-state index contributed by atoms with van der Waals surface area (Å²) in [4.78, 5) is 30.3. The highest BCUT2D eigenvalue weighted by molar-refractivity contribution is 5.95. The molecule has 1 aliphatic rings. The number of carbonyl (C=O) groups excluding carboxylic acids is 2. The lowest BCUT2D eigenvalue weighted by Crippen LogP contribution is -2.31. The molecule has 2 aromatic carbocycles. The van der Waals surface area contributed by atoms with Crippen LogP contribution < -0.4 is 4.90 Å². The zero-order chi connectivity index (χ0) is 20.1. The van der Waals surface area contributed by atoms with Crippen LogP contribution in [0.25, 0.3) is 0 Å². The molecule has 0 aromatic heterocycles. The third-order valence-corrected chi connectivity index (χ3v) is 4.68. The molecule has 0 bridgehead atoms. The second-order valence-corrected chi connectivity index (χ2v) is 7.18. The highest BCUT2D eigenvalue weighted by atomic mass is 16.5. The Hall–Kier alpha value is -2.86. The molecule has 1 aliphatic heterocycles. The van der Waals surface area contributed by atoms with Gasteiger partial charge in [0.2, 0.25) is 0 Å². The fourth-order valence-electron chi connectivity index (χ4n) is 3.30. The lowest BCUT2D eigenvalue weighted by Gasteiger charge is -2.19. The average molecular weight is 381 g/mol. The zero-order valence-corrected chi connectivity index (χ0v) is 16.7. The van der Waals surface area contributed by atoms with Gasteiger partial charge in [0.25, 0.3) is 0 Å². The number of nitrogens with zero attached hydrogens (tertiary/aromatic N) is 3. The van der Waals surface area contributed by atoms with E-state index in [-0.39, 0.29) is 12.0 Å². The van der Waals surface area contributed by atoms with Crippen molar-refractivity contribution < 1.29 is 14.3 Å². The van der Waals surface area contributed by atoms with Crippen LogP contribution in [0, 0.1) is 0 Å². The van der Waals surface area contributed by atoms with Crippen LogP contribution in [-0.4, -0.2) is 55.6 Å². The van der Waals surface area contributed by atoms with Gasteiger partial charge in [-0.1, -0.05) is 24.3 Å². The Morgan fingerprint density at radius 1 is 1.00 bits per heavy atom. The summed E-state index contributed by atoms with van der Waals surface area (Å²) in [6, 6.07) is 15.4. The summed E-state index contributed by atoms with van der Waals surface area (Å²) >= 11 is 0. The van der Waals surface area contributed by atoms with Gasteiger partial charge in [-0.15, -0.1) is 0 Å². The van der Waals surface area contributed by atoms with E-state index >= 15 is 0 Å². The molecule has 0 N–H and O–H groups in total. The van der Waals surface area contributed by atoms with Crippen LogP contribution in [0.4, 0.5) is 10.5 Å². The number of anilines is 1. The molecule has 1 saturated heterocycles. The molecule has 28 heavy (non-hydrogen) atoms. The summed E-state index contributed by atoms with van der Waals surface area (Å²) in [7, 11) is 4.09. The highest BCUT2D eigenvalue weighted by Gasteiger charge is 2.29. The van der Waals surface area contributed by atoms with Gasteiger partial charge < -0.3 is 14.5 Å². The Bertz CT molecular complexity index is 816. The predicted molar refractivity (Wildman–Crippen MR) is 109 cm³/mol. The maximum absolute atomic E-state index is 12.8. The van der Waals surface area contributed by atoms with E-state index in [0.29, 0.717) is 31.8 Å². The molecule has 1 heterocycles. The topological polar surface area (TPSA) is 53.1 Å². The molecule has 6 nitrogen and oxygen atoms in total. The van der Waals surface area contributed by atoms with Gasteiger partial charge in [-0.05, 0) is 56.4 Å². The van der Waals surface area contributed by atoms with Gasteiger partial charge in [-0.3, -0.25) is 4.90 Å². The summed E-state index contributed by atoms with van der Waals surface area (Å²) in [5, 5.41) is 0. The van der Waals surface area contributed by atoms with Crippen molar-refractivity contribution in [3.05, 3.63) is 65.2 Å². The largest absolute Gasteiger partial charge is 0.462 e. The quantitative estimate of drug-likeness (QED) is 0.690. The standard InChI is InChI=1S/C22H27N3O3/c1-4-28-21(26)19-9-11-20(12-10-19)25-14-13-24(22(25)27)16-18-7-5-17(6-8-18)15-23(2)3/h5-12H,4,13-16H2,1-3H3. The second kappa shape index (κ2) is 8.89. The van der Waals surface area contributed by atoms with E-state index in [0.717, 1.165) is 17.8 Å². The van der Waals surface area contributed by atoms with Gasteiger partial charge in [0, 0.05) is 31.9 Å². The number of amides is 2. The van der Waals surface area contributed by atoms with Gasteiger partial charge >= 0.3 is 12.0 Å². The molecule has 2 amide bonds. The molecule has 0 radical (unpaired) electrons. The maximum atomic E-state index is 12.8. The monoisotopic (exact) mass is 381 g/mol. The van der Waals surface area contributed by atoms with Crippen LogP contribution in [0.3, 0.4) is 0 Å². The molecule has 1 fully saturated rings. The molecule has 0 spiro atoms. The smallest absolute Gasteiger partial charge is 0.338 e. The first-order chi connectivity index (χ1) is 13.5. The molecule has 0 aliphatic carbocycles. The number of ether oxygens (including phenoxy) is 1. The molecule has 6 heteroatoms. The van der Waals surface area contributed by atoms with E-state index in [1.807, 2.05) is 19.0 Å². The van der Waals surface area contributed by atoms with Gasteiger partial charge in [-0.2, -0.15) is 0 Å². The van der Waals surface area contributed by atoms with Crippen LogP contribution in [0.2, 0.25) is 0 Å². The molecule has 0 saturated carbocycles. The zero-order valence-electron chi connectivity index (χ0n) is 16.7. The first-order valence-electron chi connectivity index (χ1n) is 9.54. The Morgan fingerprint density at radius 3 is 2.25 bits per heavy atom. The Morgan fingerprint density at radius 2 is 1.64 bits per heavy atom.